The maximum atomic E-state index is 13.6. The minimum atomic E-state index is -2.21. The fourth-order valence-electron chi connectivity index (χ4n) is 3.48. The predicted molar refractivity (Wildman–Crippen MR) is 122 cm³/mol. The summed E-state index contributed by atoms with van der Waals surface area (Å²) in [6.45, 7) is 2.23. The maximum absolute atomic E-state index is 13.6. The summed E-state index contributed by atoms with van der Waals surface area (Å²) in [5.74, 6) is -1.04. The second kappa shape index (κ2) is 14.4. The fourth-order valence-corrected chi connectivity index (χ4v) is 3.48. The second-order valence-corrected chi connectivity index (χ2v) is 8.07. The maximum Gasteiger partial charge on any atom is 0.200 e. The van der Waals surface area contributed by atoms with Crippen LogP contribution in [0.2, 0.25) is 0 Å². The molecular weight excluding hydrogens is 431 g/mol. The van der Waals surface area contributed by atoms with Gasteiger partial charge in [0.15, 0.2) is 23.3 Å². The summed E-state index contributed by atoms with van der Waals surface area (Å²) in [5.41, 5.74) is 0.661. The van der Waals surface area contributed by atoms with E-state index in [9.17, 15) is 22.0 Å². The van der Waals surface area contributed by atoms with E-state index in [0.29, 0.717) is 5.56 Å². The predicted octanol–water partition coefficient (Wildman–Crippen LogP) is 8.25. The normalized spacial score (nSPS) is 10.4. The van der Waals surface area contributed by atoms with Gasteiger partial charge in [-0.05, 0) is 48.3 Å². The van der Waals surface area contributed by atoms with Gasteiger partial charge in [0.25, 0.3) is 0 Å². The van der Waals surface area contributed by atoms with Crippen LogP contribution >= 0.6 is 0 Å². The van der Waals surface area contributed by atoms with E-state index in [1.54, 1.807) is 0 Å². The molecule has 2 aromatic carbocycles. The van der Waals surface area contributed by atoms with Gasteiger partial charge in [-0.3, -0.25) is 0 Å². The van der Waals surface area contributed by atoms with Crippen molar-refractivity contribution >= 4 is 0 Å². The number of hydrogen-bond donors (Lipinski definition) is 0. The molecule has 0 heterocycles. The first-order valence-corrected chi connectivity index (χ1v) is 11.6. The first-order chi connectivity index (χ1) is 16.0. The van der Waals surface area contributed by atoms with Crippen molar-refractivity contribution in [1.82, 2.24) is 0 Å². The number of benzene rings is 2. The average Bonchev–Trinajstić information content (AvgIpc) is 2.83. The molecule has 0 amide bonds. The number of unbranched alkanes of at least 4 members (excludes halogenated alkanes) is 9. The quantitative estimate of drug-likeness (QED) is 0.104. The molecule has 0 saturated carbocycles. The van der Waals surface area contributed by atoms with Gasteiger partial charge in [-0.25, -0.2) is 22.0 Å². The van der Waals surface area contributed by atoms with Crippen LogP contribution in [0.15, 0.2) is 24.3 Å². The van der Waals surface area contributed by atoms with E-state index in [-0.39, 0.29) is 0 Å². The Labute approximate surface area is 193 Å². The molecule has 176 valence electrons. The minimum absolute atomic E-state index is 0.647. The Bertz CT molecular complexity index is 988. The summed E-state index contributed by atoms with van der Waals surface area (Å²) in [4.78, 5) is 0. The van der Waals surface area contributed by atoms with Crippen molar-refractivity contribution in [2.45, 2.75) is 77.6 Å². The highest BCUT2D eigenvalue weighted by molar-refractivity contribution is 5.46. The Balaban J connectivity index is 1.78. The van der Waals surface area contributed by atoms with Gasteiger partial charge in [0, 0.05) is 5.56 Å². The minimum Gasteiger partial charge on any atom is -0.202 e. The van der Waals surface area contributed by atoms with E-state index >= 15 is 0 Å². The van der Waals surface area contributed by atoms with E-state index < -0.39 is 34.6 Å². The second-order valence-electron chi connectivity index (χ2n) is 8.07. The van der Waals surface area contributed by atoms with Crippen molar-refractivity contribution in [2.24, 2.45) is 0 Å². The first kappa shape index (κ1) is 26.5. The highest BCUT2D eigenvalue weighted by Crippen LogP contribution is 2.22. The van der Waals surface area contributed by atoms with Crippen molar-refractivity contribution in [3.05, 3.63) is 70.0 Å². The molecule has 33 heavy (non-hydrogen) atoms. The van der Waals surface area contributed by atoms with Crippen LogP contribution in [-0.2, 0) is 6.42 Å². The topological polar surface area (TPSA) is 0 Å². The van der Waals surface area contributed by atoms with Crippen LogP contribution < -0.4 is 0 Å². The molecule has 0 N–H and O–H groups in total. The number of aryl methyl sites for hydroxylation is 1. The van der Waals surface area contributed by atoms with Crippen LogP contribution in [0.25, 0.3) is 0 Å². The van der Waals surface area contributed by atoms with Crippen LogP contribution in [-0.4, -0.2) is 0 Å². The molecule has 2 aromatic rings. The largest absolute Gasteiger partial charge is 0.202 e. The molecule has 0 fully saturated rings. The van der Waals surface area contributed by atoms with Gasteiger partial charge in [0.1, 0.15) is 5.56 Å². The molecule has 0 atom stereocenters. The molecule has 0 nitrogen and oxygen atoms in total. The zero-order valence-corrected chi connectivity index (χ0v) is 19.0. The van der Waals surface area contributed by atoms with Crippen LogP contribution in [0.1, 0.15) is 87.8 Å². The molecule has 0 aliphatic rings. The molecule has 5 heteroatoms. The molecule has 0 unspecified atom stereocenters. The standard InChI is InChI=1S/C28H29F5/c1-2-3-4-5-6-7-8-9-10-11-14-21-17-19-22(20-18-21)15-12-13-16-23-24(29)26(31)28(33)27(32)25(23)30/h17-20H,2-11,14H2,1H3. The summed E-state index contributed by atoms with van der Waals surface area (Å²) >= 11 is 0. The van der Waals surface area contributed by atoms with Gasteiger partial charge in [-0.2, -0.15) is 0 Å². The molecule has 2 rings (SSSR count). The van der Waals surface area contributed by atoms with Gasteiger partial charge in [0.2, 0.25) is 5.82 Å². The van der Waals surface area contributed by atoms with Crippen molar-refractivity contribution in [2.75, 3.05) is 0 Å². The van der Waals surface area contributed by atoms with Gasteiger partial charge < -0.3 is 0 Å². The average molecular weight is 461 g/mol. The molecule has 0 spiro atoms. The summed E-state index contributed by atoms with van der Waals surface area (Å²) in [6, 6.07) is 7.57. The van der Waals surface area contributed by atoms with Crippen LogP contribution in [0, 0.1) is 52.8 Å². The van der Waals surface area contributed by atoms with Crippen LogP contribution in [0.4, 0.5) is 22.0 Å². The lowest BCUT2D eigenvalue weighted by Crippen LogP contribution is -2.04. The Kier molecular flexibility index (Phi) is 11.5. The van der Waals surface area contributed by atoms with Crippen molar-refractivity contribution < 1.29 is 22.0 Å². The number of halogens is 5. The van der Waals surface area contributed by atoms with Crippen molar-refractivity contribution in [1.29, 1.82) is 0 Å². The van der Waals surface area contributed by atoms with E-state index in [1.807, 2.05) is 30.2 Å². The summed E-state index contributed by atoms with van der Waals surface area (Å²) in [6.07, 6.45) is 13.9. The van der Waals surface area contributed by atoms with E-state index in [4.69, 9.17) is 0 Å². The molecule has 0 aliphatic heterocycles. The van der Waals surface area contributed by atoms with Crippen molar-refractivity contribution in [3.8, 4) is 23.7 Å². The zero-order valence-electron chi connectivity index (χ0n) is 19.0. The SMILES string of the molecule is CCCCCCCCCCCCc1ccc(C#CC#Cc2c(F)c(F)c(F)c(F)c2F)cc1. The van der Waals surface area contributed by atoms with Gasteiger partial charge in [-0.15, -0.1) is 0 Å². The number of hydrogen-bond acceptors (Lipinski definition) is 0. The van der Waals surface area contributed by atoms with Crippen molar-refractivity contribution in [3.63, 3.8) is 0 Å². The fraction of sp³-hybridized carbons (Fsp3) is 0.429. The van der Waals surface area contributed by atoms with E-state index in [1.165, 1.54) is 63.4 Å². The van der Waals surface area contributed by atoms with E-state index in [2.05, 4.69) is 24.7 Å². The van der Waals surface area contributed by atoms with Crippen LogP contribution in [0.3, 0.4) is 0 Å². The lowest BCUT2D eigenvalue weighted by Gasteiger charge is -2.03. The Hall–Kier alpha value is -2.79. The molecular formula is C28H29F5. The Morgan fingerprint density at radius 3 is 1.55 bits per heavy atom. The number of rotatable bonds is 11. The van der Waals surface area contributed by atoms with Crippen LogP contribution in [0.5, 0.6) is 0 Å². The molecule has 0 aromatic heterocycles. The Morgan fingerprint density at radius 2 is 1.00 bits per heavy atom. The molecule has 0 radical (unpaired) electrons. The highest BCUT2D eigenvalue weighted by atomic mass is 19.2. The monoisotopic (exact) mass is 460 g/mol. The Morgan fingerprint density at radius 1 is 0.545 bits per heavy atom. The van der Waals surface area contributed by atoms with Gasteiger partial charge >= 0.3 is 0 Å². The zero-order chi connectivity index (χ0) is 24.1. The highest BCUT2D eigenvalue weighted by Gasteiger charge is 2.24. The summed E-state index contributed by atoms with van der Waals surface area (Å²) < 4.78 is 66.5. The molecule has 0 saturated heterocycles. The molecule has 0 aliphatic carbocycles. The van der Waals surface area contributed by atoms with E-state index in [0.717, 1.165) is 12.8 Å². The lowest BCUT2D eigenvalue weighted by molar-refractivity contribution is 0.376. The third-order valence-corrected chi connectivity index (χ3v) is 5.44. The molecule has 0 bridgehead atoms. The lowest BCUT2D eigenvalue weighted by atomic mass is 10.0. The van der Waals surface area contributed by atoms with Gasteiger partial charge in [-0.1, -0.05) is 82.8 Å². The summed E-state index contributed by atoms with van der Waals surface area (Å²) in [7, 11) is 0. The third-order valence-electron chi connectivity index (χ3n) is 5.44. The third kappa shape index (κ3) is 8.58. The van der Waals surface area contributed by atoms with Gasteiger partial charge in [0.05, 0.1) is 0 Å². The first-order valence-electron chi connectivity index (χ1n) is 11.6. The summed E-state index contributed by atoms with van der Waals surface area (Å²) in [5, 5.41) is 0. The smallest absolute Gasteiger partial charge is 0.200 e.